The summed E-state index contributed by atoms with van der Waals surface area (Å²) in [6, 6.07) is 0.969. The topological polar surface area (TPSA) is 101 Å². The van der Waals surface area contributed by atoms with Gasteiger partial charge in [-0.1, -0.05) is 0 Å². The monoisotopic (exact) mass is 285 g/mol. The lowest BCUT2D eigenvalue weighted by molar-refractivity contribution is 0.246. The predicted molar refractivity (Wildman–Crippen MR) is 74.5 cm³/mol. The first-order chi connectivity index (χ1) is 8.70. The summed E-state index contributed by atoms with van der Waals surface area (Å²) in [7, 11) is -3.93. The number of urea groups is 1. The standard InChI is InChI=1S/C12H19N3O3S/c1-5-14-12(16)15-19(17,18)11-8(3)7(2)6-10(13)9(11)4/h6H,5,13H2,1-4H3,(H2,14,15,16). The van der Waals surface area contributed by atoms with E-state index in [-0.39, 0.29) is 4.90 Å². The number of nitrogen functional groups attached to an aromatic ring is 1. The molecule has 2 amide bonds. The quantitative estimate of drug-likeness (QED) is 0.726. The van der Waals surface area contributed by atoms with Gasteiger partial charge < -0.3 is 11.1 Å². The van der Waals surface area contributed by atoms with Crippen molar-refractivity contribution in [1.29, 1.82) is 0 Å². The molecule has 1 rings (SSSR count). The molecule has 0 atom stereocenters. The van der Waals surface area contributed by atoms with Crippen LogP contribution in [-0.2, 0) is 10.0 Å². The Bertz CT molecular complexity index is 583. The van der Waals surface area contributed by atoms with Gasteiger partial charge in [-0.25, -0.2) is 17.9 Å². The smallest absolute Gasteiger partial charge is 0.328 e. The molecule has 106 valence electrons. The van der Waals surface area contributed by atoms with Gasteiger partial charge in [0.1, 0.15) is 0 Å². The van der Waals surface area contributed by atoms with Crippen molar-refractivity contribution in [2.75, 3.05) is 12.3 Å². The van der Waals surface area contributed by atoms with Crippen molar-refractivity contribution in [3.8, 4) is 0 Å². The fourth-order valence-electron chi connectivity index (χ4n) is 1.81. The molecule has 0 radical (unpaired) electrons. The molecule has 0 heterocycles. The molecule has 0 saturated carbocycles. The molecule has 0 aliphatic carbocycles. The van der Waals surface area contributed by atoms with Crippen LogP contribution in [0.25, 0.3) is 0 Å². The normalized spacial score (nSPS) is 11.2. The summed E-state index contributed by atoms with van der Waals surface area (Å²) in [6.45, 7) is 7.13. The van der Waals surface area contributed by atoms with E-state index in [2.05, 4.69) is 5.32 Å². The second-order valence-corrected chi connectivity index (χ2v) is 5.95. The fourth-order valence-corrected chi connectivity index (χ4v) is 3.32. The van der Waals surface area contributed by atoms with Crippen LogP contribution in [0.5, 0.6) is 0 Å². The average Bonchev–Trinajstić information content (AvgIpc) is 2.25. The molecule has 0 bridgehead atoms. The third kappa shape index (κ3) is 3.17. The maximum Gasteiger partial charge on any atom is 0.328 e. The lowest BCUT2D eigenvalue weighted by Gasteiger charge is -2.15. The lowest BCUT2D eigenvalue weighted by Crippen LogP contribution is -2.39. The lowest BCUT2D eigenvalue weighted by atomic mass is 10.1. The van der Waals surface area contributed by atoms with E-state index in [1.54, 1.807) is 33.8 Å². The second kappa shape index (κ2) is 5.48. The van der Waals surface area contributed by atoms with Gasteiger partial charge in [-0.3, -0.25) is 0 Å². The van der Waals surface area contributed by atoms with E-state index < -0.39 is 16.1 Å². The Hall–Kier alpha value is -1.76. The highest BCUT2D eigenvalue weighted by Crippen LogP contribution is 2.27. The van der Waals surface area contributed by atoms with E-state index in [1.807, 2.05) is 4.72 Å². The summed E-state index contributed by atoms with van der Waals surface area (Å²) >= 11 is 0. The number of carbonyl (C=O) groups excluding carboxylic acids is 1. The van der Waals surface area contributed by atoms with Crippen molar-refractivity contribution in [3.05, 3.63) is 22.8 Å². The number of anilines is 1. The van der Waals surface area contributed by atoms with E-state index in [4.69, 9.17) is 5.73 Å². The van der Waals surface area contributed by atoms with E-state index in [0.29, 0.717) is 23.4 Å². The van der Waals surface area contributed by atoms with Crippen LogP contribution < -0.4 is 15.8 Å². The molecule has 0 fully saturated rings. The third-order valence-electron chi connectivity index (χ3n) is 2.91. The first-order valence-electron chi connectivity index (χ1n) is 5.87. The van der Waals surface area contributed by atoms with Gasteiger partial charge in [0.2, 0.25) is 0 Å². The molecular formula is C12H19N3O3S. The van der Waals surface area contributed by atoms with Gasteiger partial charge in [0.05, 0.1) is 4.90 Å². The minimum absolute atomic E-state index is 0.0660. The zero-order valence-corrected chi connectivity index (χ0v) is 12.3. The summed E-state index contributed by atoms with van der Waals surface area (Å²) in [5.74, 6) is 0. The van der Waals surface area contributed by atoms with Gasteiger partial charge in [-0.15, -0.1) is 0 Å². The Morgan fingerprint density at radius 3 is 2.37 bits per heavy atom. The average molecular weight is 285 g/mol. The molecule has 1 aromatic carbocycles. The number of nitrogens with one attached hydrogen (secondary N) is 2. The Balaban J connectivity index is 3.33. The van der Waals surface area contributed by atoms with E-state index in [0.717, 1.165) is 5.56 Å². The molecule has 0 aromatic heterocycles. The van der Waals surface area contributed by atoms with Gasteiger partial charge >= 0.3 is 6.03 Å². The molecule has 6 nitrogen and oxygen atoms in total. The fraction of sp³-hybridized carbons (Fsp3) is 0.417. The highest BCUT2D eigenvalue weighted by molar-refractivity contribution is 7.90. The van der Waals surface area contributed by atoms with Crippen molar-refractivity contribution in [2.24, 2.45) is 0 Å². The van der Waals surface area contributed by atoms with Crippen LogP contribution in [0.1, 0.15) is 23.6 Å². The van der Waals surface area contributed by atoms with Gasteiger partial charge in [-0.2, -0.15) is 0 Å². The first kappa shape index (κ1) is 15.3. The largest absolute Gasteiger partial charge is 0.398 e. The van der Waals surface area contributed by atoms with Gasteiger partial charge in [0.15, 0.2) is 0 Å². The van der Waals surface area contributed by atoms with Crippen molar-refractivity contribution in [1.82, 2.24) is 10.0 Å². The number of hydrogen-bond acceptors (Lipinski definition) is 4. The Morgan fingerprint density at radius 2 is 1.84 bits per heavy atom. The number of aryl methyl sites for hydroxylation is 1. The van der Waals surface area contributed by atoms with Crippen LogP contribution in [0.15, 0.2) is 11.0 Å². The van der Waals surface area contributed by atoms with Gasteiger partial charge in [-0.05, 0) is 50.5 Å². The summed E-state index contributed by atoms with van der Waals surface area (Å²) in [5, 5.41) is 2.38. The summed E-state index contributed by atoms with van der Waals surface area (Å²) in [4.78, 5) is 11.5. The molecular weight excluding hydrogens is 266 g/mol. The predicted octanol–water partition coefficient (Wildman–Crippen LogP) is 1.20. The molecule has 0 spiro atoms. The van der Waals surface area contributed by atoms with Crippen LogP contribution in [0.3, 0.4) is 0 Å². The number of benzene rings is 1. The molecule has 0 aliphatic heterocycles. The van der Waals surface area contributed by atoms with E-state index >= 15 is 0 Å². The zero-order chi connectivity index (χ0) is 14.8. The third-order valence-corrected chi connectivity index (χ3v) is 4.51. The van der Waals surface area contributed by atoms with E-state index in [1.165, 1.54) is 0 Å². The Labute approximate surface area is 113 Å². The highest BCUT2D eigenvalue weighted by Gasteiger charge is 2.24. The minimum Gasteiger partial charge on any atom is -0.398 e. The van der Waals surface area contributed by atoms with Crippen LogP contribution in [0.2, 0.25) is 0 Å². The maximum atomic E-state index is 12.2. The summed E-state index contributed by atoms with van der Waals surface area (Å²) < 4.78 is 26.4. The van der Waals surface area contributed by atoms with Crippen molar-refractivity contribution in [3.63, 3.8) is 0 Å². The second-order valence-electron chi connectivity index (χ2n) is 4.33. The summed E-state index contributed by atoms with van der Waals surface area (Å²) in [6.07, 6.45) is 0. The first-order valence-corrected chi connectivity index (χ1v) is 7.36. The maximum absolute atomic E-state index is 12.2. The zero-order valence-electron chi connectivity index (χ0n) is 11.5. The van der Waals surface area contributed by atoms with Crippen LogP contribution in [0.4, 0.5) is 10.5 Å². The van der Waals surface area contributed by atoms with Crippen LogP contribution in [0, 0.1) is 20.8 Å². The van der Waals surface area contributed by atoms with Crippen LogP contribution >= 0.6 is 0 Å². The molecule has 0 saturated heterocycles. The number of nitrogens with two attached hydrogens (primary N) is 1. The minimum atomic E-state index is -3.93. The SMILES string of the molecule is CCNC(=O)NS(=O)(=O)c1c(C)c(C)cc(N)c1C. The molecule has 1 aromatic rings. The van der Waals surface area contributed by atoms with Crippen molar-refractivity contribution < 1.29 is 13.2 Å². The molecule has 19 heavy (non-hydrogen) atoms. The Kier molecular flexibility index (Phi) is 4.41. The molecule has 7 heteroatoms. The summed E-state index contributed by atoms with van der Waals surface area (Å²) in [5.41, 5.74) is 7.97. The van der Waals surface area contributed by atoms with Crippen molar-refractivity contribution in [2.45, 2.75) is 32.6 Å². The number of rotatable bonds is 3. The van der Waals surface area contributed by atoms with Crippen LogP contribution in [-0.4, -0.2) is 21.0 Å². The molecule has 4 N–H and O–H groups in total. The highest BCUT2D eigenvalue weighted by atomic mass is 32.2. The van der Waals surface area contributed by atoms with Gasteiger partial charge in [0, 0.05) is 12.2 Å². The Morgan fingerprint density at radius 1 is 1.26 bits per heavy atom. The number of hydrogen-bond donors (Lipinski definition) is 3. The molecule has 0 aliphatic rings. The van der Waals surface area contributed by atoms with Gasteiger partial charge in [0.25, 0.3) is 10.0 Å². The number of carbonyl (C=O) groups is 1. The van der Waals surface area contributed by atoms with Crippen molar-refractivity contribution >= 4 is 21.7 Å². The van der Waals surface area contributed by atoms with E-state index in [9.17, 15) is 13.2 Å². The number of sulfonamides is 1. The number of amides is 2. The molecule has 0 unspecified atom stereocenters.